The lowest BCUT2D eigenvalue weighted by molar-refractivity contribution is -0.401. The van der Waals surface area contributed by atoms with Gasteiger partial charge in [0.1, 0.15) is 7.05 Å². The van der Waals surface area contributed by atoms with Crippen LogP contribution >= 0.6 is 0 Å². The second-order valence-corrected chi connectivity index (χ2v) is 19.7. The molecule has 0 saturated carbocycles. The topological polar surface area (TPSA) is 52.8 Å². The first kappa shape index (κ1) is 47.5. The molecule has 4 aromatic carbocycles. The van der Waals surface area contributed by atoms with Crippen molar-refractivity contribution in [3.05, 3.63) is 174 Å². The number of nitrogens with zero attached hydrogens (tertiary/aromatic N) is 4. The van der Waals surface area contributed by atoms with Crippen LogP contribution in [0.1, 0.15) is 101 Å². The predicted octanol–water partition coefficient (Wildman–Crippen LogP) is 9.50. The first-order valence-corrected chi connectivity index (χ1v) is 24.2. The molecule has 4 aliphatic heterocycles. The third-order valence-corrected chi connectivity index (χ3v) is 14.8. The van der Waals surface area contributed by atoms with Crippen molar-refractivity contribution in [3.8, 4) is 0 Å². The Hall–Kier alpha value is -5.03. The number of carbonyl (C=O) groups is 1. The van der Waals surface area contributed by atoms with Crippen LogP contribution in [-0.4, -0.2) is 58.9 Å². The van der Waals surface area contributed by atoms with Crippen molar-refractivity contribution in [3.63, 3.8) is 0 Å². The van der Waals surface area contributed by atoms with Crippen LogP contribution in [-0.2, 0) is 39.1 Å². The molecule has 1 amide bonds. The zero-order chi connectivity index (χ0) is 45.0. The van der Waals surface area contributed by atoms with Gasteiger partial charge in [-0.3, -0.25) is 4.79 Å². The minimum absolute atomic E-state index is 0. The largest absolute Gasteiger partial charge is 1.00 e. The summed E-state index contributed by atoms with van der Waals surface area (Å²) in [6.45, 7) is 15.2. The van der Waals surface area contributed by atoms with E-state index in [4.69, 9.17) is 4.74 Å². The maximum Gasteiger partial charge on any atom is 0.224 e. The van der Waals surface area contributed by atoms with Gasteiger partial charge in [0.05, 0.1) is 23.1 Å². The molecule has 4 aliphatic rings. The van der Waals surface area contributed by atoms with Crippen LogP contribution in [0.15, 0.2) is 151 Å². The summed E-state index contributed by atoms with van der Waals surface area (Å²) < 4.78 is 11.0. The number of halogens is 1. The lowest BCUT2D eigenvalue weighted by atomic mass is 9.81. The number of piperidine rings is 1. The number of allylic oxidation sites excluding steroid dienone is 8. The molecule has 66 heavy (non-hydrogen) atoms. The molecule has 1 spiro atoms. The Kier molecular flexibility index (Phi) is 14.7. The van der Waals surface area contributed by atoms with Gasteiger partial charge in [0, 0.05) is 79.0 Å². The fourth-order valence-corrected chi connectivity index (χ4v) is 11.1. The Labute approximate surface area is 410 Å². The number of carbonyl (C=O) groups excluding carboxylic acids is 1. The van der Waals surface area contributed by atoms with E-state index in [1.807, 2.05) is 6.07 Å². The highest BCUT2D eigenvalue weighted by atomic mass is 127. The van der Waals surface area contributed by atoms with Crippen LogP contribution in [0.5, 0.6) is 0 Å². The van der Waals surface area contributed by atoms with Crippen molar-refractivity contribution >= 4 is 39.6 Å². The van der Waals surface area contributed by atoms with Gasteiger partial charge in [0.25, 0.3) is 0 Å². The summed E-state index contributed by atoms with van der Waals surface area (Å²) >= 11 is 0. The van der Waals surface area contributed by atoms with Crippen LogP contribution in [0.4, 0.5) is 17.1 Å². The number of benzene rings is 4. The molecule has 7 nitrogen and oxygen atoms in total. The number of nitrogens with one attached hydrogen (secondary N) is 1. The molecule has 0 bridgehead atoms. The second-order valence-electron chi connectivity index (χ2n) is 19.7. The van der Waals surface area contributed by atoms with Crippen LogP contribution in [0, 0.1) is 0 Å². The summed E-state index contributed by atoms with van der Waals surface area (Å²) in [5.41, 5.74) is 12.5. The zero-order valence-corrected chi connectivity index (χ0v) is 41.9. The fourth-order valence-electron chi connectivity index (χ4n) is 11.1. The third-order valence-electron chi connectivity index (χ3n) is 14.8. The van der Waals surface area contributed by atoms with Gasteiger partial charge in [0.15, 0.2) is 5.71 Å². The van der Waals surface area contributed by atoms with Gasteiger partial charge < -0.3 is 48.4 Å². The molecule has 0 aliphatic carbocycles. The molecule has 344 valence electrons. The molecule has 1 aromatic heterocycles. The van der Waals surface area contributed by atoms with Crippen LogP contribution in [0.25, 0.3) is 10.9 Å². The summed E-state index contributed by atoms with van der Waals surface area (Å²) in [6.07, 6.45) is 25.2. The molecule has 1 N–H and O–H groups in total. The Balaban J connectivity index is 0.00000592. The number of amides is 1. The number of para-hydroxylation sites is 2. The minimum Gasteiger partial charge on any atom is -1.00 e. The fraction of sp³-hybridized carbons (Fsp3) is 0.379. The summed E-state index contributed by atoms with van der Waals surface area (Å²) in [4.78, 5) is 18.3. The highest BCUT2D eigenvalue weighted by molar-refractivity contribution is 6.03. The highest BCUT2D eigenvalue weighted by Crippen LogP contribution is 2.48. The maximum absolute atomic E-state index is 13.2. The Bertz CT molecular complexity index is 2690. The molecule has 0 radical (unpaired) electrons. The number of anilines is 2. The first-order chi connectivity index (χ1) is 31.5. The van der Waals surface area contributed by atoms with Crippen LogP contribution in [0.2, 0.25) is 0 Å². The molecule has 0 unspecified atom stereocenters. The quantitative estimate of drug-likeness (QED) is 0.0464. The number of aromatic nitrogens is 1. The van der Waals surface area contributed by atoms with E-state index in [9.17, 15) is 4.79 Å². The Morgan fingerprint density at radius 3 is 2.24 bits per heavy atom. The lowest BCUT2D eigenvalue weighted by Gasteiger charge is -2.39. The standard InChI is InChI=1S/C58H67N5O2.HI/c1-56(2)48-24-15-17-26-50(48)60(5)53(56)28-10-7-6-8-11-29-54-57(3,4)49-25-16-18-27-51(49)63(54)38-19-9-12-30-55(64)59-46-32-31-44-33-39-62(52(44)42-46)37-21-20-36-61-40-34-58(35-41-61)47-23-14-13-22-45(47)43-65-58;/h6-8,10-11,13-18,22-29,31-33,39,42H,9,12,19-21,30,34-38,40-41,43H2,1-5H3;1H. The molecule has 0 atom stereocenters. The average molecular weight is 994 g/mol. The highest BCUT2D eigenvalue weighted by Gasteiger charge is 2.44. The number of likely N-dealkylation sites (tertiary alicyclic amines) is 1. The van der Waals surface area contributed by atoms with Gasteiger partial charge in [-0.2, -0.15) is 4.58 Å². The third kappa shape index (κ3) is 9.70. The van der Waals surface area contributed by atoms with Gasteiger partial charge in [0.2, 0.25) is 11.6 Å². The van der Waals surface area contributed by atoms with E-state index in [1.165, 1.54) is 62.4 Å². The SMILES string of the molecule is C[N+]1=C(/C=C/C=C/C=C/C=C2/N(CCCCCC(=O)Nc3ccc4ccn(CCCCN5CCC6(CC5)OCc5ccccc56)c4c3)c3ccccc3C2(C)C)C(C)(C)c2ccccc21.[I-]. The van der Waals surface area contributed by atoms with Crippen molar-refractivity contribution < 1.29 is 38.1 Å². The minimum atomic E-state index is -0.105. The molecule has 1 fully saturated rings. The Morgan fingerprint density at radius 1 is 0.727 bits per heavy atom. The Morgan fingerprint density at radius 2 is 1.42 bits per heavy atom. The van der Waals surface area contributed by atoms with Crippen molar-refractivity contribution in [2.75, 3.05) is 43.4 Å². The van der Waals surface area contributed by atoms with Crippen molar-refractivity contribution in [2.45, 2.75) is 109 Å². The van der Waals surface area contributed by atoms with E-state index >= 15 is 0 Å². The number of ether oxygens (including phenoxy) is 1. The number of hydrogen-bond donors (Lipinski definition) is 1. The normalized spacial score (nSPS) is 18.9. The van der Waals surface area contributed by atoms with Gasteiger partial charge >= 0.3 is 0 Å². The van der Waals surface area contributed by atoms with Crippen molar-refractivity contribution in [1.82, 2.24) is 9.47 Å². The smallest absolute Gasteiger partial charge is 0.224 e. The average Bonchev–Trinajstić information content (AvgIpc) is 4.00. The maximum atomic E-state index is 13.2. The number of rotatable bonds is 16. The molecule has 8 heteroatoms. The van der Waals surface area contributed by atoms with E-state index in [2.05, 4.69) is 199 Å². The molecule has 5 heterocycles. The van der Waals surface area contributed by atoms with Crippen LogP contribution < -0.4 is 34.2 Å². The molecule has 5 aromatic rings. The monoisotopic (exact) mass is 993 g/mol. The number of hydrogen-bond acceptors (Lipinski definition) is 4. The van der Waals surface area contributed by atoms with Crippen LogP contribution in [0.3, 0.4) is 0 Å². The molecular formula is C58H68IN5O2. The van der Waals surface area contributed by atoms with Gasteiger partial charge in [-0.05, 0) is 111 Å². The summed E-state index contributed by atoms with van der Waals surface area (Å²) in [7, 11) is 2.16. The van der Waals surface area contributed by atoms with E-state index < -0.39 is 0 Å². The first-order valence-electron chi connectivity index (χ1n) is 24.2. The van der Waals surface area contributed by atoms with Crippen molar-refractivity contribution in [1.29, 1.82) is 0 Å². The zero-order valence-electron chi connectivity index (χ0n) is 39.7. The summed E-state index contributed by atoms with van der Waals surface area (Å²) in [6, 6.07) is 34.8. The molecule has 9 rings (SSSR count). The number of fused-ring (bicyclic) bond motifs is 5. The van der Waals surface area contributed by atoms with Gasteiger partial charge in [-0.15, -0.1) is 0 Å². The molecule has 1 saturated heterocycles. The number of aryl methyl sites for hydroxylation is 1. The van der Waals surface area contributed by atoms with E-state index in [0.717, 1.165) is 83.5 Å². The predicted molar refractivity (Wildman–Crippen MR) is 269 cm³/mol. The summed E-state index contributed by atoms with van der Waals surface area (Å²) in [5.74, 6) is 0.0844. The number of unbranched alkanes of at least 4 members (excludes halogenated alkanes) is 3. The molecular weight excluding hydrogens is 926 g/mol. The van der Waals surface area contributed by atoms with E-state index in [1.54, 1.807) is 0 Å². The lowest BCUT2D eigenvalue weighted by Crippen LogP contribution is -3.00. The second kappa shape index (κ2) is 20.5. The van der Waals surface area contributed by atoms with E-state index in [-0.39, 0.29) is 46.3 Å². The van der Waals surface area contributed by atoms with Gasteiger partial charge in [-0.1, -0.05) is 117 Å². The van der Waals surface area contributed by atoms with Crippen molar-refractivity contribution in [2.24, 2.45) is 0 Å². The van der Waals surface area contributed by atoms with Gasteiger partial charge in [-0.25, -0.2) is 0 Å². The van der Waals surface area contributed by atoms with E-state index in [0.29, 0.717) is 6.42 Å². The summed E-state index contributed by atoms with van der Waals surface area (Å²) in [5, 5.41) is 4.42.